The van der Waals surface area contributed by atoms with Crippen molar-refractivity contribution in [3.63, 3.8) is 0 Å². The summed E-state index contributed by atoms with van der Waals surface area (Å²) in [5.41, 5.74) is 1.78. The van der Waals surface area contributed by atoms with E-state index in [1.54, 1.807) is 11.3 Å². The summed E-state index contributed by atoms with van der Waals surface area (Å²) in [5, 5.41) is 0. The average molecular weight is 323 g/mol. The fourth-order valence-electron chi connectivity index (χ4n) is 3.50. The Morgan fingerprint density at radius 2 is 2.36 bits per heavy atom. The number of rotatable bonds is 4. The lowest BCUT2D eigenvalue weighted by atomic mass is 9.87. The summed E-state index contributed by atoms with van der Waals surface area (Å²) >= 11 is 1.61. The molecule has 1 aromatic heterocycles. The fraction of sp³-hybridized carbons (Fsp3) is 0.750. The maximum atomic E-state index is 12.5. The van der Waals surface area contributed by atoms with Gasteiger partial charge in [0.1, 0.15) is 0 Å². The van der Waals surface area contributed by atoms with Crippen molar-refractivity contribution < 1.29 is 9.53 Å². The van der Waals surface area contributed by atoms with Gasteiger partial charge in [0.15, 0.2) is 0 Å². The van der Waals surface area contributed by atoms with Gasteiger partial charge in [0, 0.05) is 48.6 Å². The van der Waals surface area contributed by atoms with Crippen LogP contribution in [0.5, 0.6) is 0 Å². The van der Waals surface area contributed by atoms with E-state index in [1.807, 2.05) is 16.6 Å². The van der Waals surface area contributed by atoms with Gasteiger partial charge in [-0.05, 0) is 13.3 Å². The molecular weight excluding hydrogens is 298 g/mol. The Labute approximate surface area is 136 Å². The third kappa shape index (κ3) is 3.34. The number of thiazole rings is 1. The van der Waals surface area contributed by atoms with Crippen LogP contribution < -0.4 is 0 Å². The quantitative estimate of drug-likeness (QED) is 0.850. The number of likely N-dealkylation sites (tertiary alicyclic amines) is 1. The van der Waals surface area contributed by atoms with E-state index in [-0.39, 0.29) is 11.3 Å². The molecule has 1 amide bonds. The standard InChI is InChI=1S/C16H25N3O2S/c1-3-13(2)18-4-5-21-11-16(9-18)6-15(20)19(10-16)8-14-7-17-12-22-14/h7,12-13H,3-6,8-11H2,1-2H3/t13-,16-/m1/s1. The molecule has 1 spiro atoms. The number of nitrogens with zero attached hydrogens (tertiary/aromatic N) is 3. The van der Waals surface area contributed by atoms with Gasteiger partial charge in [0.25, 0.3) is 0 Å². The maximum absolute atomic E-state index is 12.5. The summed E-state index contributed by atoms with van der Waals surface area (Å²) in [4.78, 5) is 22.2. The zero-order valence-electron chi connectivity index (χ0n) is 13.5. The van der Waals surface area contributed by atoms with Crippen LogP contribution in [0.3, 0.4) is 0 Å². The van der Waals surface area contributed by atoms with Crippen molar-refractivity contribution in [2.24, 2.45) is 5.41 Å². The molecule has 5 nitrogen and oxygen atoms in total. The molecule has 0 bridgehead atoms. The highest BCUT2D eigenvalue weighted by Gasteiger charge is 2.45. The highest BCUT2D eigenvalue weighted by atomic mass is 32.1. The Balaban J connectivity index is 1.71. The highest BCUT2D eigenvalue weighted by molar-refractivity contribution is 7.09. The zero-order chi connectivity index (χ0) is 15.6. The first-order chi connectivity index (χ1) is 10.6. The molecule has 0 aromatic carbocycles. The van der Waals surface area contributed by atoms with Crippen molar-refractivity contribution in [3.05, 3.63) is 16.6 Å². The van der Waals surface area contributed by atoms with Crippen molar-refractivity contribution in [1.82, 2.24) is 14.8 Å². The molecule has 1 aromatic rings. The first-order valence-electron chi connectivity index (χ1n) is 8.09. The predicted molar refractivity (Wildman–Crippen MR) is 86.7 cm³/mol. The molecule has 2 fully saturated rings. The smallest absolute Gasteiger partial charge is 0.223 e. The third-order valence-electron chi connectivity index (χ3n) is 4.92. The molecule has 0 aliphatic carbocycles. The SMILES string of the molecule is CC[C@@H](C)N1CCOC[C@]2(CC(=O)N(Cc3cncs3)C2)C1. The number of carbonyl (C=O) groups excluding carboxylic acids is 1. The van der Waals surface area contributed by atoms with Crippen molar-refractivity contribution in [2.75, 3.05) is 32.8 Å². The first kappa shape index (κ1) is 15.9. The number of hydrogen-bond acceptors (Lipinski definition) is 5. The van der Waals surface area contributed by atoms with Gasteiger partial charge in [-0.2, -0.15) is 0 Å². The molecule has 0 unspecified atom stereocenters. The average Bonchev–Trinajstić information content (AvgIpc) is 3.05. The van der Waals surface area contributed by atoms with Crippen LogP contribution in [0.4, 0.5) is 0 Å². The molecule has 0 saturated carbocycles. The summed E-state index contributed by atoms with van der Waals surface area (Å²) in [6.07, 6.45) is 3.60. The second kappa shape index (κ2) is 6.64. The van der Waals surface area contributed by atoms with Crippen LogP contribution in [0, 0.1) is 5.41 Å². The lowest BCUT2D eigenvalue weighted by molar-refractivity contribution is -0.128. The van der Waals surface area contributed by atoms with Gasteiger partial charge in [-0.3, -0.25) is 14.7 Å². The number of aromatic nitrogens is 1. The summed E-state index contributed by atoms with van der Waals surface area (Å²) < 4.78 is 5.86. The van der Waals surface area contributed by atoms with E-state index in [4.69, 9.17) is 4.74 Å². The van der Waals surface area contributed by atoms with Gasteiger partial charge in [-0.1, -0.05) is 6.92 Å². The van der Waals surface area contributed by atoms with Crippen LogP contribution in [-0.2, 0) is 16.1 Å². The Hall–Kier alpha value is -0.980. The lowest BCUT2D eigenvalue weighted by Gasteiger charge is -2.34. The van der Waals surface area contributed by atoms with Crippen LogP contribution in [0.25, 0.3) is 0 Å². The molecule has 2 atom stereocenters. The summed E-state index contributed by atoms with van der Waals surface area (Å²) in [6, 6.07) is 0.546. The van der Waals surface area contributed by atoms with Gasteiger partial charge < -0.3 is 9.64 Å². The van der Waals surface area contributed by atoms with Gasteiger partial charge in [0.2, 0.25) is 5.91 Å². The third-order valence-corrected chi connectivity index (χ3v) is 5.68. The van der Waals surface area contributed by atoms with Crippen LogP contribution in [-0.4, -0.2) is 59.6 Å². The predicted octanol–water partition coefficient (Wildman–Crippen LogP) is 1.99. The largest absolute Gasteiger partial charge is 0.379 e. The topological polar surface area (TPSA) is 45.7 Å². The molecule has 0 radical (unpaired) electrons. The lowest BCUT2D eigenvalue weighted by Crippen LogP contribution is -2.44. The van der Waals surface area contributed by atoms with Gasteiger partial charge in [-0.15, -0.1) is 11.3 Å². The van der Waals surface area contributed by atoms with E-state index in [9.17, 15) is 4.79 Å². The molecule has 3 heterocycles. The van der Waals surface area contributed by atoms with Gasteiger partial charge in [0.05, 0.1) is 25.3 Å². The Kier molecular flexibility index (Phi) is 4.80. The Morgan fingerprint density at radius 1 is 1.50 bits per heavy atom. The second-order valence-corrected chi connectivity index (χ2v) is 7.65. The van der Waals surface area contributed by atoms with E-state index < -0.39 is 0 Å². The van der Waals surface area contributed by atoms with Gasteiger partial charge in [-0.25, -0.2) is 0 Å². The minimum absolute atomic E-state index is 0.0400. The van der Waals surface area contributed by atoms with Gasteiger partial charge >= 0.3 is 0 Å². The zero-order valence-corrected chi connectivity index (χ0v) is 14.3. The minimum Gasteiger partial charge on any atom is -0.379 e. The molecule has 122 valence electrons. The Morgan fingerprint density at radius 3 is 3.09 bits per heavy atom. The van der Waals surface area contributed by atoms with Crippen LogP contribution >= 0.6 is 11.3 Å². The van der Waals surface area contributed by atoms with Crippen molar-refractivity contribution in [2.45, 2.75) is 39.3 Å². The van der Waals surface area contributed by atoms with E-state index in [0.717, 1.165) is 37.5 Å². The molecule has 22 heavy (non-hydrogen) atoms. The van der Waals surface area contributed by atoms with Crippen molar-refractivity contribution in [3.8, 4) is 0 Å². The fourth-order valence-corrected chi connectivity index (χ4v) is 4.11. The molecule has 0 N–H and O–H groups in total. The molecular formula is C16H25N3O2S. The van der Waals surface area contributed by atoms with Crippen LogP contribution in [0.15, 0.2) is 11.7 Å². The Bertz CT molecular complexity index is 507. The number of ether oxygens (including phenoxy) is 1. The number of amides is 1. The molecule has 2 saturated heterocycles. The normalized spacial score (nSPS) is 28.3. The highest BCUT2D eigenvalue weighted by Crippen LogP contribution is 2.36. The summed E-state index contributed by atoms with van der Waals surface area (Å²) in [5.74, 6) is 0.253. The van der Waals surface area contributed by atoms with E-state index >= 15 is 0 Å². The van der Waals surface area contributed by atoms with Crippen molar-refractivity contribution >= 4 is 17.2 Å². The van der Waals surface area contributed by atoms with Crippen LogP contribution in [0.1, 0.15) is 31.6 Å². The summed E-state index contributed by atoms with van der Waals surface area (Å²) in [6.45, 7) is 9.39. The van der Waals surface area contributed by atoms with E-state index in [0.29, 0.717) is 25.6 Å². The maximum Gasteiger partial charge on any atom is 0.223 e. The van der Waals surface area contributed by atoms with Crippen LogP contribution in [0.2, 0.25) is 0 Å². The monoisotopic (exact) mass is 323 g/mol. The van der Waals surface area contributed by atoms with E-state index in [2.05, 4.69) is 23.7 Å². The molecule has 2 aliphatic heterocycles. The van der Waals surface area contributed by atoms with E-state index in [1.165, 1.54) is 0 Å². The summed E-state index contributed by atoms with van der Waals surface area (Å²) in [7, 11) is 0. The number of hydrogen-bond donors (Lipinski definition) is 0. The molecule has 6 heteroatoms. The molecule has 2 aliphatic rings. The number of carbonyl (C=O) groups is 1. The first-order valence-corrected chi connectivity index (χ1v) is 8.97. The minimum atomic E-state index is -0.0400. The second-order valence-electron chi connectivity index (χ2n) is 6.67. The van der Waals surface area contributed by atoms with Crippen molar-refractivity contribution in [1.29, 1.82) is 0 Å². The molecule has 3 rings (SSSR count).